The maximum atomic E-state index is 12.7. The van der Waals surface area contributed by atoms with E-state index in [9.17, 15) is 13.2 Å². The van der Waals surface area contributed by atoms with Crippen molar-refractivity contribution in [3.8, 4) is 5.75 Å². The van der Waals surface area contributed by atoms with E-state index in [2.05, 4.69) is 0 Å². The van der Waals surface area contributed by atoms with Gasteiger partial charge in [-0.15, -0.1) is 0 Å². The Kier molecular flexibility index (Phi) is 6.59. The summed E-state index contributed by atoms with van der Waals surface area (Å²) in [5, 5.41) is 0.483. The number of nitrogens with zero attached hydrogens (tertiary/aromatic N) is 1. The van der Waals surface area contributed by atoms with Crippen molar-refractivity contribution in [2.45, 2.75) is 24.3 Å². The number of methoxy groups -OCH3 is 1. The van der Waals surface area contributed by atoms with Gasteiger partial charge in [0.2, 0.25) is 10.0 Å². The Hall–Kier alpha value is -2.09. The SMILES string of the molecule is COc1cccc(COC(=O)C2CCN(S(=O)(=O)c3ccc(Cl)cc3)CC2)c1. The van der Waals surface area contributed by atoms with E-state index < -0.39 is 10.0 Å². The van der Waals surface area contributed by atoms with Gasteiger partial charge < -0.3 is 9.47 Å². The average Bonchev–Trinajstić information content (AvgIpc) is 2.72. The van der Waals surface area contributed by atoms with Crippen LogP contribution in [0.2, 0.25) is 5.02 Å². The summed E-state index contributed by atoms with van der Waals surface area (Å²) < 4.78 is 37.4. The number of carbonyl (C=O) groups excluding carboxylic acids is 1. The van der Waals surface area contributed by atoms with E-state index in [1.54, 1.807) is 19.2 Å². The zero-order chi connectivity index (χ0) is 20.1. The van der Waals surface area contributed by atoms with E-state index >= 15 is 0 Å². The highest BCUT2D eigenvalue weighted by atomic mass is 35.5. The number of halogens is 1. The zero-order valence-electron chi connectivity index (χ0n) is 15.5. The van der Waals surface area contributed by atoms with Crippen LogP contribution in [0.15, 0.2) is 53.4 Å². The van der Waals surface area contributed by atoms with Gasteiger partial charge in [-0.1, -0.05) is 23.7 Å². The van der Waals surface area contributed by atoms with Crippen LogP contribution < -0.4 is 4.74 Å². The van der Waals surface area contributed by atoms with Crippen LogP contribution in [0.4, 0.5) is 0 Å². The van der Waals surface area contributed by atoms with Gasteiger partial charge in [-0.25, -0.2) is 8.42 Å². The molecule has 0 unspecified atom stereocenters. The van der Waals surface area contributed by atoms with Gasteiger partial charge in [0.1, 0.15) is 12.4 Å². The molecule has 150 valence electrons. The predicted octanol–water partition coefficient (Wildman–Crippen LogP) is 3.49. The predicted molar refractivity (Wildman–Crippen MR) is 106 cm³/mol. The third-order valence-corrected chi connectivity index (χ3v) is 6.92. The molecule has 8 heteroatoms. The van der Waals surface area contributed by atoms with Crippen molar-refractivity contribution >= 4 is 27.6 Å². The van der Waals surface area contributed by atoms with Gasteiger partial charge in [-0.3, -0.25) is 4.79 Å². The maximum Gasteiger partial charge on any atom is 0.309 e. The molecular formula is C20H22ClNO5S. The molecule has 0 atom stereocenters. The van der Waals surface area contributed by atoms with Crippen LogP contribution in [0.5, 0.6) is 5.75 Å². The lowest BCUT2D eigenvalue weighted by molar-refractivity contribution is -0.151. The Morgan fingerprint density at radius 3 is 2.46 bits per heavy atom. The fraction of sp³-hybridized carbons (Fsp3) is 0.350. The molecule has 3 rings (SSSR count). The second-order valence-corrected chi connectivity index (χ2v) is 8.97. The molecule has 0 saturated carbocycles. The average molecular weight is 424 g/mol. The van der Waals surface area contributed by atoms with Crippen LogP contribution in [-0.2, 0) is 26.2 Å². The summed E-state index contributed by atoms with van der Waals surface area (Å²) in [7, 11) is -2.00. The number of piperidine rings is 1. The molecule has 1 heterocycles. The van der Waals surface area contributed by atoms with Gasteiger partial charge in [-0.05, 0) is 54.8 Å². The van der Waals surface area contributed by atoms with Crippen molar-refractivity contribution in [2.75, 3.05) is 20.2 Å². The molecule has 1 saturated heterocycles. The van der Waals surface area contributed by atoms with E-state index in [0.29, 0.717) is 23.6 Å². The normalized spacial score (nSPS) is 15.9. The smallest absolute Gasteiger partial charge is 0.309 e. The number of ether oxygens (including phenoxy) is 2. The van der Waals surface area contributed by atoms with Gasteiger partial charge >= 0.3 is 5.97 Å². The quantitative estimate of drug-likeness (QED) is 0.665. The van der Waals surface area contributed by atoms with Gasteiger partial charge in [0.25, 0.3) is 0 Å². The molecule has 1 fully saturated rings. The highest BCUT2D eigenvalue weighted by molar-refractivity contribution is 7.89. The zero-order valence-corrected chi connectivity index (χ0v) is 17.1. The van der Waals surface area contributed by atoms with Crippen molar-refractivity contribution in [3.63, 3.8) is 0 Å². The number of benzene rings is 2. The highest BCUT2D eigenvalue weighted by Gasteiger charge is 2.32. The summed E-state index contributed by atoms with van der Waals surface area (Å²) in [4.78, 5) is 12.6. The Balaban J connectivity index is 1.54. The minimum absolute atomic E-state index is 0.166. The summed E-state index contributed by atoms with van der Waals surface area (Å²) in [6, 6.07) is 13.4. The molecule has 0 aliphatic carbocycles. The molecule has 0 spiro atoms. The van der Waals surface area contributed by atoms with Gasteiger partial charge in [-0.2, -0.15) is 4.31 Å². The fourth-order valence-corrected chi connectivity index (χ4v) is 4.72. The van der Waals surface area contributed by atoms with E-state index in [1.807, 2.05) is 24.3 Å². The second-order valence-electron chi connectivity index (χ2n) is 6.59. The summed E-state index contributed by atoms with van der Waals surface area (Å²) in [5.74, 6) is 0.0999. The first kappa shape index (κ1) is 20.6. The van der Waals surface area contributed by atoms with Crippen LogP contribution in [0.3, 0.4) is 0 Å². The Morgan fingerprint density at radius 1 is 1.14 bits per heavy atom. The minimum atomic E-state index is -3.58. The van der Waals surface area contributed by atoms with E-state index in [-0.39, 0.29) is 36.5 Å². The van der Waals surface area contributed by atoms with Gasteiger partial charge in [0.15, 0.2) is 0 Å². The van der Waals surface area contributed by atoms with Gasteiger partial charge in [0, 0.05) is 18.1 Å². The molecule has 0 radical (unpaired) electrons. The summed E-state index contributed by atoms with van der Waals surface area (Å²) in [6.07, 6.45) is 0.869. The van der Waals surface area contributed by atoms with Crippen LogP contribution in [0.25, 0.3) is 0 Å². The molecule has 0 N–H and O–H groups in total. The van der Waals surface area contributed by atoms with Gasteiger partial charge in [0.05, 0.1) is 17.9 Å². The van der Waals surface area contributed by atoms with Crippen molar-refractivity contribution in [2.24, 2.45) is 5.92 Å². The third kappa shape index (κ3) is 4.84. The largest absolute Gasteiger partial charge is 0.497 e. The van der Waals surface area contributed by atoms with Crippen molar-refractivity contribution < 1.29 is 22.7 Å². The van der Waals surface area contributed by atoms with Crippen LogP contribution in [0.1, 0.15) is 18.4 Å². The topological polar surface area (TPSA) is 72.9 Å². The molecule has 0 bridgehead atoms. The number of rotatable bonds is 6. The Bertz CT molecular complexity index is 922. The summed E-state index contributed by atoms with van der Waals surface area (Å²) in [5.41, 5.74) is 0.843. The van der Waals surface area contributed by atoms with E-state index in [4.69, 9.17) is 21.1 Å². The molecule has 1 aliphatic rings. The monoisotopic (exact) mass is 423 g/mol. The summed E-state index contributed by atoms with van der Waals surface area (Å²) in [6.45, 7) is 0.729. The molecule has 2 aromatic carbocycles. The maximum absolute atomic E-state index is 12.7. The van der Waals surface area contributed by atoms with Crippen LogP contribution in [0, 0.1) is 5.92 Å². The van der Waals surface area contributed by atoms with Crippen molar-refractivity contribution in [1.82, 2.24) is 4.31 Å². The minimum Gasteiger partial charge on any atom is -0.497 e. The van der Waals surface area contributed by atoms with E-state index in [1.165, 1.54) is 16.4 Å². The summed E-state index contributed by atoms with van der Waals surface area (Å²) >= 11 is 5.83. The van der Waals surface area contributed by atoms with Crippen LogP contribution in [-0.4, -0.2) is 38.9 Å². The lowest BCUT2D eigenvalue weighted by atomic mass is 9.98. The molecule has 28 heavy (non-hydrogen) atoms. The molecule has 2 aromatic rings. The first-order valence-corrected chi connectivity index (χ1v) is 10.8. The Morgan fingerprint density at radius 2 is 1.82 bits per heavy atom. The molecule has 6 nitrogen and oxygen atoms in total. The number of carbonyl (C=O) groups is 1. The van der Waals surface area contributed by atoms with Crippen LogP contribution >= 0.6 is 11.6 Å². The lowest BCUT2D eigenvalue weighted by Crippen LogP contribution is -2.40. The molecule has 0 aromatic heterocycles. The lowest BCUT2D eigenvalue weighted by Gasteiger charge is -2.30. The Labute approximate surface area is 170 Å². The molecule has 0 amide bonds. The first-order valence-electron chi connectivity index (χ1n) is 8.95. The third-order valence-electron chi connectivity index (χ3n) is 4.75. The van der Waals surface area contributed by atoms with E-state index in [0.717, 1.165) is 5.56 Å². The van der Waals surface area contributed by atoms with Crippen molar-refractivity contribution in [3.05, 3.63) is 59.1 Å². The number of sulfonamides is 1. The first-order chi connectivity index (χ1) is 13.4. The van der Waals surface area contributed by atoms with Crippen molar-refractivity contribution in [1.29, 1.82) is 0 Å². The number of esters is 1. The number of hydrogen-bond donors (Lipinski definition) is 0. The standard InChI is InChI=1S/C20H22ClNO5S/c1-26-18-4-2-3-15(13-18)14-27-20(23)16-9-11-22(12-10-16)28(24,25)19-7-5-17(21)6-8-19/h2-8,13,16H,9-12,14H2,1H3. The highest BCUT2D eigenvalue weighted by Crippen LogP contribution is 2.26. The number of hydrogen-bond acceptors (Lipinski definition) is 5. The second kappa shape index (κ2) is 8.94. The fourth-order valence-electron chi connectivity index (χ4n) is 3.12. The molecule has 1 aliphatic heterocycles. The molecular weight excluding hydrogens is 402 g/mol.